The standard InChI is InChI=1S/C27H22F2N4O4/c1-4-17-21(28)8-5-15-13-16(34)14-20(22(15)17)18-6-7-19-24(23(18)29)30-26(36-2)31-25(19)32-9-11-33(12-10-32)27(35)37-3/h1,5-8,13-14,34H,9-12H2,2-3H3. The highest BCUT2D eigenvalue weighted by atomic mass is 19.1. The summed E-state index contributed by atoms with van der Waals surface area (Å²) in [5.41, 5.74) is 0.270. The maximum absolute atomic E-state index is 16.2. The van der Waals surface area contributed by atoms with Crippen molar-refractivity contribution >= 4 is 33.6 Å². The number of hydrogen-bond donors (Lipinski definition) is 1. The lowest BCUT2D eigenvalue weighted by atomic mass is 9.93. The average molecular weight is 504 g/mol. The van der Waals surface area contributed by atoms with Crippen LogP contribution in [-0.2, 0) is 4.74 Å². The molecule has 1 fully saturated rings. The second-order valence-electron chi connectivity index (χ2n) is 8.46. The van der Waals surface area contributed by atoms with Crippen molar-refractivity contribution in [1.29, 1.82) is 0 Å². The number of hydrogen-bond acceptors (Lipinski definition) is 7. The van der Waals surface area contributed by atoms with Crippen LogP contribution in [0.4, 0.5) is 19.4 Å². The number of aromatic hydroxyl groups is 1. The molecule has 8 nitrogen and oxygen atoms in total. The third kappa shape index (κ3) is 4.08. The first kappa shape index (κ1) is 24.1. The highest BCUT2D eigenvalue weighted by Crippen LogP contribution is 2.39. The molecule has 0 atom stereocenters. The first-order chi connectivity index (χ1) is 17.9. The molecule has 1 aliphatic rings. The summed E-state index contributed by atoms with van der Waals surface area (Å²) < 4.78 is 40.8. The van der Waals surface area contributed by atoms with Crippen LogP contribution in [0.5, 0.6) is 11.8 Å². The van der Waals surface area contributed by atoms with E-state index in [4.69, 9.17) is 15.9 Å². The number of phenolic OH excluding ortho intramolecular Hbond substituents is 1. The smallest absolute Gasteiger partial charge is 0.409 e. The van der Waals surface area contributed by atoms with Crippen molar-refractivity contribution in [1.82, 2.24) is 14.9 Å². The Morgan fingerprint density at radius 3 is 2.49 bits per heavy atom. The van der Waals surface area contributed by atoms with E-state index in [1.807, 2.05) is 4.90 Å². The highest BCUT2D eigenvalue weighted by molar-refractivity contribution is 6.04. The predicted molar refractivity (Wildman–Crippen MR) is 135 cm³/mol. The number of methoxy groups -OCH3 is 2. The molecule has 37 heavy (non-hydrogen) atoms. The normalized spacial score (nSPS) is 13.6. The van der Waals surface area contributed by atoms with Crippen LogP contribution >= 0.6 is 0 Å². The number of nitrogens with zero attached hydrogens (tertiary/aromatic N) is 4. The van der Waals surface area contributed by atoms with Crippen LogP contribution in [0.2, 0.25) is 0 Å². The fourth-order valence-corrected chi connectivity index (χ4v) is 4.67. The van der Waals surface area contributed by atoms with E-state index in [-0.39, 0.29) is 34.0 Å². The monoisotopic (exact) mass is 504 g/mol. The predicted octanol–water partition coefficient (Wildman–Crippen LogP) is 4.31. The Bertz CT molecular complexity index is 1590. The molecular weight excluding hydrogens is 482 g/mol. The number of fused-ring (bicyclic) bond motifs is 2. The van der Waals surface area contributed by atoms with Crippen LogP contribution in [0.3, 0.4) is 0 Å². The molecule has 1 N–H and O–H groups in total. The lowest BCUT2D eigenvalue weighted by Gasteiger charge is -2.35. The highest BCUT2D eigenvalue weighted by Gasteiger charge is 2.26. The number of carbonyl (C=O) groups excluding carboxylic acids is 1. The van der Waals surface area contributed by atoms with Crippen LogP contribution in [0.25, 0.3) is 32.8 Å². The Morgan fingerprint density at radius 1 is 1.05 bits per heavy atom. The van der Waals surface area contributed by atoms with Crippen LogP contribution < -0.4 is 9.64 Å². The molecule has 3 aromatic carbocycles. The molecule has 10 heteroatoms. The average Bonchev–Trinajstić information content (AvgIpc) is 2.92. The van der Waals surface area contributed by atoms with Gasteiger partial charge in [0.2, 0.25) is 0 Å². The molecule has 1 saturated heterocycles. The van der Waals surface area contributed by atoms with E-state index in [0.29, 0.717) is 48.2 Å². The summed E-state index contributed by atoms with van der Waals surface area (Å²) in [5, 5.41) is 11.5. The fourth-order valence-electron chi connectivity index (χ4n) is 4.67. The number of piperazine rings is 1. The van der Waals surface area contributed by atoms with E-state index in [1.54, 1.807) is 11.0 Å². The van der Waals surface area contributed by atoms with E-state index in [9.17, 15) is 14.3 Å². The number of terminal acetylenes is 1. The van der Waals surface area contributed by atoms with Crippen molar-refractivity contribution in [3.8, 4) is 35.2 Å². The molecule has 1 amide bonds. The van der Waals surface area contributed by atoms with Crippen LogP contribution in [0.15, 0.2) is 36.4 Å². The topological polar surface area (TPSA) is 88.0 Å². The molecule has 0 aliphatic carbocycles. The van der Waals surface area contributed by atoms with Crippen molar-refractivity contribution in [2.45, 2.75) is 0 Å². The summed E-state index contributed by atoms with van der Waals surface area (Å²) in [5.74, 6) is 1.34. The van der Waals surface area contributed by atoms with Crippen molar-refractivity contribution in [2.75, 3.05) is 45.3 Å². The SMILES string of the molecule is C#Cc1c(F)ccc2cc(O)cc(-c3ccc4c(N5CCN(C(=O)OC)CC5)nc(OC)nc4c3F)c12. The molecule has 0 spiro atoms. The Labute approximate surface area is 211 Å². The molecule has 1 aliphatic heterocycles. The van der Waals surface area contributed by atoms with Gasteiger partial charge in [0, 0.05) is 42.5 Å². The number of anilines is 1. The third-order valence-corrected chi connectivity index (χ3v) is 6.45. The van der Waals surface area contributed by atoms with Gasteiger partial charge < -0.3 is 24.4 Å². The van der Waals surface area contributed by atoms with Crippen molar-refractivity contribution in [3.63, 3.8) is 0 Å². The van der Waals surface area contributed by atoms with Gasteiger partial charge in [-0.05, 0) is 35.2 Å². The van der Waals surface area contributed by atoms with E-state index < -0.39 is 17.7 Å². The second kappa shape index (κ2) is 9.43. The Kier molecular flexibility index (Phi) is 6.13. The molecular formula is C27H22F2N4O4. The minimum Gasteiger partial charge on any atom is -0.508 e. The van der Waals surface area contributed by atoms with E-state index in [0.717, 1.165) is 0 Å². The number of halogens is 2. The van der Waals surface area contributed by atoms with Gasteiger partial charge in [0.1, 0.15) is 22.9 Å². The van der Waals surface area contributed by atoms with Gasteiger partial charge in [0.05, 0.1) is 19.8 Å². The van der Waals surface area contributed by atoms with Gasteiger partial charge >= 0.3 is 12.1 Å². The molecule has 188 valence electrons. The van der Waals surface area contributed by atoms with Gasteiger partial charge in [-0.25, -0.2) is 13.6 Å². The van der Waals surface area contributed by atoms with Gasteiger partial charge in [0.25, 0.3) is 0 Å². The maximum Gasteiger partial charge on any atom is 0.409 e. The molecule has 1 aromatic heterocycles. The minimum absolute atomic E-state index is 0.00935. The lowest BCUT2D eigenvalue weighted by molar-refractivity contribution is 0.121. The van der Waals surface area contributed by atoms with Gasteiger partial charge in [-0.15, -0.1) is 6.42 Å². The van der Waals surface area contributed by atoms with Crippen LogP contribution in [-0.4, -0.2) is 66.5 Å². The second-order valence-corrected chi connectivity index (χ2v) is 8.46. The zero-order valence-corrected chi connectivity index (χ0v) is 20.1. The molecule has 0 unspecified atom stereocenters. The van der Waals surface area contributed by atoms with Crippen LogP contribution in [0, 0.1) is 24.0 Å². The van der Waals surface area contributed by atoms with Crippen molar-refractivity contribution < 1.29 is 28.2 Å². The number of rotatable bonds is 3. The third-order valence-electron chi connectivity index (χ3n) is 6.45. The first-order valence-corrected chi connectivity index (χ1v) is 11.4. The lowest BCUT2D eigenvalue weighted by Crippen LogP contribution is -2.49. The Morgan fingerprint density at radius 2 is 1.81 bits per heavy atom. The summed E-state index contributed by atoms with van der Waals surface area (Å²) in [6.45, 7) is 1.68. The molecule has 0 radical (unpaired) electrons. The first-order valence-electron chi connectivity index (χ1n) is 11.4. The number of benzene rings is 3. The number of aromatic nitrogens is 2. The van der Waals surface area contributed by atoms with Gasteiger partial charge in [-0.2, -0.15) is 9.97 Å². The van der Waals surface area contributed by atoms with Gasteiger partial charge in [-0.1, -0.05) is 18.1 Å². The summed E-state index contributed by atoms with van der Waals surface area (Å²) >= 11 is 0. The quantitative estimate of drug-likeness (QED) is 0.416. The number of carbonyl (C=O) groups is 1. The Hall–Kier alpha value is -4.65. The summed E-state index contributed by atoms with van der Waals surface area (Å²) in [4.78, 5) is 24.1. The Balaban J connectivity index is 1.68. The largest absolute Gasteiger partial charge is 0.508 e. The van der Waals surface area contributed by atoms with E-state index >= 15 is 4.39 Å². The minimum atomic E-state index is -0.702. The number of amides is 1. The summed E-state index contributed by atoms with van der Waals surface area (Å²) in [6.07, 6.45) is 5.17. The van der Waals surface area contributed by atoms with Crippen molar-refractivity contribution in [2.24, 2.45) is 0 Å². The van der Waals surface area contributed by atoms with Crippen LogP contribution in [0.1, 0.15) is 5.56 Å². The molecule has 2 heterocycles. The summed E-state index contributed by atoms with van der Waals surface area (Å²) in [7, 11) is 2.71. The van der Waals surface area contributed by atoms with E-state index in [2.05, 4.69) is 15.9 Å². The summed E-state index contributed by atoms with van der Waals surface area (Å²) in [6, 6.07) is 8.63. The number of phenols is 1. The zero-order valence-electron chi connectivity index (χ0n) is 20.1. The van der Waals surface area contributed by atoms with Gasteiger partial charge in [-0.3, -0.25) is 0 Å². The zero-order chi connectivity index (χ0) is 26.3. The number of ether oxygens (including phenoxy) is 2. The van der Waals surface area contributed by atoms with Gasteiger partial charge in [0.15, 0.2) is 5.82 Å². The molecule has 0 bridgehead atoms. The molecule has 0 saturated carbocycles. The fraction of sp³-hybridized carbons (Fsp3) is 0.222. The van der Waals surface area contributed by atoms with Crippen molar-refractivity contribution in [3.05, 3.63) is 53.6 Å². The van der Waals surface area contributed by atoms with E-state index in [1.165, 1.54) is 44.6 Å². The maximum atomic E-state index is 16.2. The molecule has 5 rings (SSSR count). The molecule has 4 aromatic rings.